The van der Waals surface area contributed by atoms with Crippen LogP contribution < -0.4 is 15.1 Å². The fraction of sp³-hybridized carbons (Fsp3) is 0.400. The molecule has 1 saturated heterocycles. The first-order valence-corrected chi connectivity index (χ1v) is 11.3. The molecule has 0 aliphatic carbocycles. The Labute approximate surface area is 195 Å². The average molecular weight is 458 g/mol. The summed E-state index contributed by atoms with van der Waals surface area (Å²) in [5.74, 6) is -0.0189. The van der Waals surface area contributed by atoms with Gasteiger partial charge in [-0.15, -0.1) is 0 Å². The predicted octanol–water partition coefficient (Wildman–Crippen LogP) is 5.04. The van der Waals surface area contributed by atoms with Crippen LogP contribution in [0.3, 0.4) is 0 Å². The van der Waals surface area contributed by atoms with Crippen molar-refractivity contribution in [3.8, 4) is 11.1 Å². The summed E-state index contributed by atoms with van der Waals surface area (Å²) in [7, 11) is 1.56. The number of hydrogen-bond acceptors (Lipinski definition) is 3. The third-order valence-corrected chi connectivity index (χ3v) is 5.91. The van der Waals surface area contributed by atoms with E-state index >= 15 is 0 Å². The molecule has 0 saturated carbocycles. The number of hydrogen-bond donors (Lipinski definition) is 1. The van der Waals surface area contributed by atoms with Crippen LogP contribution in [0.1, 0.15) is 47.0 Å². The molecule has 0 radical (unpaired) electrons. The van der Waals surface area contributed by atoms with Gasteiger partial charge in [-0.05, 0) is 44.0 Å². The number of nitrogens with one attached hydrogen (secondary N) is 1. The van der Waals surface area contributed by atoms with Gasteiger partial charge in [-0.1, -0.05) is 49.7 Å². The lowest BCUT2D eigenvalue weighted by Crippen LogP contribution is -2.40. The predicted molar refractivity (Wildman–Crippen MR) is 131 cm³/mol. The van der Waals surface area contributed by atoms with Crippen LogP contribution in [0.5, 0.6) is 0 Å². The van der Waals surface area contributed by atoms with Gasteiger partial charge in [0.05, 0.1) is 10.7 Å². The Kier molecular flexibility index (Phi) is 8.84. The van der Waals surface area contributed by atoms with Gasteiger partial charge in [0.1, 0.15) is 0 Å². The number of carbonyl (C=O) groups excluding carboxylic acids is 3. The van der Waals surface area contributed by atoms with Crippen molar-refractivity contribution >= 4 is 41.2 Å². The second-order valence-electron chi connectivity index (χ2n) is 7.95. The maximum atomic E-state index is 12.3. The number of anilines is 2. The standard InChI is InChI=1S/C23H26ClN3O3.C2H6/c1-23(2)13-11-21(30)27(23)17-9-7-16(8-10-17)18-5-4-6-19(22(18)24)26(15-28)14-12-20(29)25-3;1-2/h4-10,15H,11-14H2,1-3H3,(H,25,29);1-2H3. The lowest BCUT2D eigenvalue weighted by atomic mass is 10.0. The molecule has 1 heterocycles. The molecule has 6 nitrogen and oxygen atoms in total. The van der Waals surface area contributed by atoms with Crippen molar-refractivity contribution in [1.82, 2.24) is 5.32 Å². The highest BCUT2D eigenvalue weighted by Gasteiger charge is 2.38. The van der Waals surface area contributed by atoms with Gasteiger partial charge in [-0.25, -0.2) is 0 Å². The monoisotopic (exact) mass is 457 g/mol. The van der Waals surface area contributed by atoms with Gasteiger partial charge in [0.25, 0.3) is 0 Å². The molecule has 0 spiro atoms. The van der Waals surface area contributed by atoms with Crippen LogP contribution in [-0.2, 0) is 14.4 Å². The average Bonchev–Trinajstić information content (AvgIpc) is 3.08. The van der Waals surface area contributed by atoms with E-state index in [2.05, 4.69) is 19.2 Å². The summed E-state index contributed by atoms with van der Waals surface area (Å²) in [5.41, 5.74) is 2.86. The van der Waals surface area contributed by atoms with Gasteiger partial charge in [-0.2, -0.15) is 0 Å². The first-order valence-electron chi connectivity index (χ1n) is 10.9. The van der Waals surface area contributed by atoms with Gasteiger partial charge in [0, 0.05) is 43.2 Å². The van der Waals surface area contributed by atoms with Crippen LogP contribution in [0, 0.1) is 0 Å². The molecule has 1 fully saturated rings. The molecular weight excluding hydrogens is 426 g/mol. The highest BCUT2D eigenvalue weighted by atomic mass is 35.5. The van der Waals surface area contributed by atoms with Crippen LogP contribution in [0.4, 0.5) is 11.4 Å². The number of rotatable bonds is 7. The Hall–Kier alpha value is -2.86. The lowest BCUT2D eigenvalue weighted by Gasteiger charge is -2.31. The smallest absolute Gasteiger partial charge is 0.227 e. The topological polar surface area (TPSA) is 69.7 Å². The van der Waals surface area contributed by atoms with E-state index in [0.717, 1.165) is 23.2 Å². The Morgan fingerprint density at radius 1 is 1.19 bits per heavy atom. The fourth-order valence-corrected chi connectivity index (χ4v) is 4.14. The number of nitrogens with zero attached hydrogens (tertiary/aromatic N) is 2. The molecule has 3 rings (SSSR count). The zero-order valence-corrected chi connectivity index (χ0v) is 20.2. The summed E-state index contributed by atoms with van der Waals surface area (Å²) in [6, 6.07) is 13.2. The highest BCUT2D eigenvalue weighted by Crippen LogP contribution is 2.38. The second kappa shape index (κ2) is 11.1. The third-order valence-electron chi connectivity index (χ3n) is 5.52. The molecule has 0 bridgehead atoms. The summed E-state index contributed by atoms with van der Waals surface area (Å²) in [5, 5.41) is 2.98. The number of halogens is 1. The fourth-order valence-electron chi connectivity index (χ4n) is 3.80. The molecule has 1 aliphatic rings. The summed E-state index contributed by atoms with van der Waals surface area (Å²) in [4.78, 5) is 38.7. The third kappa shape index (κ3) is 5.49. The molecule has 2 aromatic carbocycles. The zero-order valence-electron chi connectivity index (χ0n) is 19.4. The van der Waals surface area contributed by atoms with E-state index in [4.69, 9.17) is 11.6 Å². The molecule has 0 atom stereocenters. The number of amides is 3. The number of benzene rings is 2. The molecule has 2 aromatic rings. The maximum Gasteiger partial charge on any atom is 0.227 e. The summed E-state index contributed by atoms with van der Waals surface area (Å²) in [6.07, 6.45) is 2.25. The van der Waals surface area contributed by atoms with Crippen LogP contribution >= 0.6 is 11.6 Å². The minimum atomic E-state index is -0.203. The van der Waals surface area contributed by atoms with Crippen molar-refractivity contribution in [2.45, 2.75) is 52.5 Å². The van der Waals surface area contributed by atoms with E-state index in [1.165, 1.54) is 4.90 Å². The van der Waals surface area contributed by atoms with Gasteiger partial charge in [0.2, 0.25) is 18.2 Å². The maximum absolute atomic E-state index is 12.3. The Morgan fingerprint density at radius 2 is 1.84 bits per heavy atom. The number of carbonyl (C=O) groups is 3. The normalized spacial score (nSPS) is 14.4. The van der Waals surface area contributed by atoms with Crippen molar-refractivity contribution in [1.29, 1.82) is 0 Å². The van der Waals surface area contributed by atoms with Crippen LogP contribution in [-0.4, -0.2) is 37.4 Å². The van der Waals surface area contributed by atoms with Crippen molar-refractivity contribution in [3.63, 3.8) is 0 Å². The molecule has 1 aliphatic heterocycles. The first-order chi connectivity index (χ1) is 15.3. The van der Waals surface area contributed by atoms with E-state index in [-0.39, 0.29) is 30.3 Å². The van der Waals surface area contributed by atoms with E-state index in [1.807, 2.05) is 55.1 Å². The molecule has 3 amide bonds. The first kappa shape index (κ1) is 25.4. The Balaban J connectivity index is 0.00000176. The van der Waals surface area contributed by atoms with E-state index in [0.29, 0.717) is 23.5 Å². The lowest BCUT2D eigenvalue weighted by molar-refractivity contribution is -0.120. The zero-order chi connectivity index (χ0) is 23.9. The van der Waals surface area contributed by atoms with Crippen LogP contribution in [0.2, 0.25) is 5.02 Å². The second-order valence-corrected chi connectivity index (χ2v) is 8.33. The minimum absolute atomic E-state index is 0.130. The highest BCUT2D eigenvalue weighted by molar-refractivity contribution is 6.36. The molecule has 32 heavy (non-hydrogen) atoms. The molecule has 1 N–H and O–H groups in total. The van der Waals surface area contributed by atoms with Crippen molar-refractivity contribution in [2.75, 3.05) is 23.4 Å². The quantitative estimate of drug-likeness (QED) is 0.592. The van der Waals surface area contributed by atoms with Crippen molar-refractivity contribution in [2.24, 2.45) is 0 Å². The summed E-state index contributed by atoms with van der Waals surface area (Å²) < 4.78 is 0. The van der Waals surface area contributed by atoms with E-state index in [1.54, 1.807) is 13.1 Å². The van der Waals surface area contributed by atoms with Gasteiger partial charge >= 0.3 is 0 Å². The molecule has 172 valence electrons. The Bertz CT molecular complexity index is 957. The largest absolute Gasteiger partial charge is 0.359 e. The molecule has 7 heteroatoms. The Morgan fingerprint density at radius 3 is 2.38 bits per heavy atom. The summed E-state index contributed by atoms with van der Waals surface area (Å²) in [6.45, 7) is 8.37. The molecule has 0 unspecified atom stereocenters. The van der Waals surface area contributed by atoms with Gasteiger partial charge in [-0.3, -0.25) is 14.4 Å². The summed E-state index contributed by atoms with van der Waals surface area (Å²) >= 11 is 6.64. The van der Waals surface area contributed by atoms with Gasteiger partial charge in [0.15, 0.2) is 0 Å². The van der Waals surface area contributed by atoms with E-state index < -0.39 is 0 Å². The van der Waals surface area contributed by atoms with Crippen molar-refractivity contribution < 1.29 is 14.4 Å². The van der Waals surface area contributed by atoms with Gasteiger partial charge < -0.3 is 15.1 Å². The molecule has 0 aromatic heterocycles. The van der Waals surface area contributed by atoms with E-state index in [9.17, 15) is 14.4 Å². The minimum Gasteiger partial charge on any atom is -0.359 e. The molecular formula is C25H32ClN3O3. The SMILES string of the molecule is CC.CNC(=O)CCN(C=O)c1cccc(-c2ccc(N3C(=O)CCC3(C)C)cc2)c1Cl. The van der Waals surface area contributed by atoms with Crippen LogP contribution in [0.25, 0.3) is 11.1 Å². The van der Waals surface area contributed by atoms with Crippen LogP contribution in [0.15, 0.2) is 42.5 Å². The van der Waals surface area contributed by atoms with Crippen molar-refractivity contribution in [3.05, 3.63) is 47.5 Å².